The van der Waals surface area contributed by atoms with Crippen LogP contribution in [0.3, 0.4) is 0 Å². The Hall–Kier alpha value is -1.56. The molecule has 1 aromatic carbocycles. The predicted octanol–water partition coefficient (Wildman–Crippen LogP) is 2.45. The number of anilines is 1. The third-order valence-corrected chi connectivity index (χ3v) is 6.68. The number of benzene rings is 1. The third-order valence-electron chi connectivity index (χ3n) is 5.44. The maximum Gasteiger partial charge on any atom is 0.243 e. The highest BCUT2D eigenvalue weighted by atomic mass is 32.2. The van der Waals surface area contributed by atoms with Crippen LogP contribution in [-0.4, -0.2) is 32.7 Å². The lowest BCUT2D eigenvalue weighted by atomic mass is 9.95. The Morgan fingerprint density at radius 1 is 1.21 bits per heavy atom. The van der Waals surface area contributed by atoms with Gasteiger partial charge in [0, 0.05) is 6.04 Å². The average Bonchev–Trinajstić information content (AvgIpc) is 3.10. The van der Waals surface area contributed by atoms with E-state index in [0.29, 0.717) is 11.6 Å². The van der Waals surface area contributed by atoms with Gasteiger partial charge < -0.3 is 5.32 Å². The van der Waals surface area contributed by atoms with Crippen molar-refractivity contribution in [3.63, 3.8) is 0 Å². The molecule has 2 fully saturated rings. The number of sulfonamides is 1. The number of nitrogens with zero attached hydrogens (tertiary/aromatic N) is 1. The molecular weight excluding hydrogens is 324 g/mol. The molecule has 6 heteroatoms. The molecule has 24 heavy (non-hydrogen) atoms. The molecule has 1 aromatic rings. The average molecular weight is 350 g/mol. The van der Waals surface area contributed by atoms with Gasteiger partial charge in [-0.05, 0) is 57.1 Å². The highest BCUT2D eigenvalue weighted by Crippen LogP contribution is 2.44. The predicted molar refractivity (Wildman–Crippen MR) is 95.3 cm³/mol. The van der Waals surface area contributed by atoms with Gasteiger partial charge in [-0.2, -0.15) is 0 Å². The second-order valence-electron chi connectivity index (χ2n) is 7.36. The Balaban J connectivity index is 1.77. The Bertz CT molecular complexity index is 714. The molecular formula is C18H26N2O3S. The van der Waals surface area contributed by atoms with Crippen LogP contribution in [0.25, 0.3) is 0 Å². The lowest BCUT2D eigenvalue weighted by Crippen LogP contribution is -2.51. The van der Waals surface area contributed by atoms with E-state index in [4.69, 9.17) is 0 Å². The number of rotatable bonds is 5. The molecule has 2 aliphatic carbocycles. The summed E-state index contributed by atoms with van der Waals surface area (Å²) in [7, 11) is -3.55. The maximum absolute atomic E-state index is 12.7. The molecule has 5 nitrogen and oxygen atoms in total. The van der Waals surface area contributed by atoms with Crippen molar-refractivity contribution in [2.75, 3.05) is 10.6 Å². The molecule has 132 valence electrons. The highest BCUT2D eigenvalue weighted by molar-refractivity contribution is 7.92. The lowest BCUT2D eigenvalue weighted by molar-refractivity contribution is -0.122. The largest absolute Gasteiger partial charge is 0.351 e. The van der Waals surface area contributed by atoms with Crippen molar-refractivity contribution >= 4 is 21.6 Å². The van der Waals surface area contributed by atoms with E-state index in [9.17, 15) is 13.2 Å². The van der Waals surface area contributed by atoms with Crippen molar-refractivity contribution in [3.8, 4) is 0 Å². The number of carbonyl (C=O) groups is 1. The molecule has 0 aliphatic heterocycles. The summed E-state index contributed by atoms with van der Waals surface area (Å²) in [5.41, 5.74) is 1.57. The molecule has 0 heterocycles. The molecule has 0 spiro atoms. The number of carbonyl (C=O) groups excluding carboxylic acids is 1. The molecule has 0 radical (unpaired) electrons. The molecule has 3 rings (SSSR count). The van der Waals surface area contributed by atoms with Gasteiger partial charge in [0.05, 0.1) is 11.9 Å². The van der Waals surface area contributed by atoms with Crippen molar-refractivity contribution in [3.05, 3.63) is 29.8 Å². The van der Waals surface area contributed by atoms with E-state index in [0.717, 1.165) is 24.2 Å². The van der Waals surface area contributed by atoms with E-state index in [1.165, 1.54) is 23.6 Å². The second-order valence-corrected chi connectivity index (χ2v) is 9.22. The maximum atomic E-state index is 12.7. The first-order valence-corrected chi connectivity index (χ1v) is 10.5. The first-order chi connectivity index (χ1) is 11.3. The van der Waals surface area contributed by atoms with Crippen LogP contribution < -0.4 is 9.62 Å². The minimum Gasteiger partial charge on any atom is -0.351 e. The van der Waals surface area contributed by atoms with Gasteiger partial charge in [0.25, 0.3) is 0 Å². The van der Waals surface area contributed by atoms with Crippen LogP contribution in [0.1, 0.15) is 38.2 Å². The summed E-state index contributed by atoms with van der Waals surface area (Å²) >= 11 is 0. The third kappa shape index (κ3) is 3.43. The van der Waals surface area contributed by atoms with E-state index in [-0.39, 0.29) is 11.9 Å². The number of hydrogen-bond acceptors (Lipinski definition) is 3. The topological polar surface area (TPSA) is 66.5 Å². The Morgan fingerprint density at radius 3 is 2.38 bits per heavy atom. The van der Waals surface area contributed by atoms with Crippen LogP contribution in [0, 0.1) is 18.8 Å². The van der Waals surface area contributed by atoms with E-state index in [1.54, 1.807) is 19.1 Å². The van der Waals surface area contributed by atoms with Gasteiger partial charge in [0.2, 0.25) is 15.9 Å². The zero-order valence-electron chi connectivity index (χ0n) is 14.5. The van der Waals surface area contributed by atoms with Crippen molar-refractivity contribution in [1.29, 1.82) is 0 Å². The highest BCUT2D eigenvalue weighted by Gasteiger charge is 2.41. The van der Waals surface area contributed by atoms with E-state index >= 15 is 0 Å². The number of nitrogens with one attached hydrogen (secondary N) is 1. The van der Waals surface area contributed by atoms with E-state index in [1.807, 2.05) is 19.1 Å². The molecule has 2 saturated carbocycles. The van der Waals surface area contributed by atoms with Crippen LogP contribution in [0.5, 0.6) is 0 Å². The molecule has 2 aliphatic rings. The number of aryl methyl sites for hydroxylation is 1. The summed E-state index contributed by atoms with van der Waals surface area (Å²) < 4.78 is 25.8. The van der Waals surface area contributed by atoms with Crippen LogP contribution in [0.4, 0.5) is 5.69 Å². The van der Waals surface area contributed by atoms with Gasteiger partial charge in [-0.1, -0.05) is 24.1 Å². The second kappa shape index (κ2) is 6.39. The smallest absolute Gasteiger partial charge is 0.243 e. The summed E-state index contributed by atoms with van der Waals surface area (Å²) in [5.74, 6) is 1.09. The van der Waals surface area contributed by atoms with Gasteiger partial charge in [-0.15, -0.1) is 0 Å². The van der Waals surface area contributed by atoms with Gasteiger partial charge in [-0.3, -0.25) is 9.10 Å². The Morgan fingerprint density at radius 2 is 1.88 bits per heavy atom. The van der Waals surface area contributed by atoms with E-state index in [2.05, 4.69) is 5.32 Å². The Labute approximate surface area is 144 Å². The molecule has 4 atom stereocenters. The fourth-order valence-corrected chi connectivity index (χ4v) is 5.40. The van der Waals surface area contributed by atoms with Crippen LogP contribution in [0.15, 0.2) is 24.3 Å². The first-order valence-electron chi connectivity index (χ1n) is 8.62. The van der Waals surface area contributed by atoms with Crippen molar-refractivity contribution < 1.29 is 13.2 Å². The quantitative estimate of drug-likeness (QED) is 0.887. The Kier molecular flexibility index (Phi) is 4.60. The summed E-state index contributed by atoms with van der Waals surface area (Å²) in [4.78, 5) is 12.7. The molecule has 1 amide bonds. The summed E-state index contributed by atoms with van der Waals surface area (Å²) in [5, 5.41) is 3.10. The minimum absolute atomic E-state index is 0.207. The molecule has 0 unspecified atom stereocenters. The fraction of sp³-hybridized carbons (Fsp3) is 0.611. The van der Waals surface area contributed by atoms with E-state index < -0.39 is 16.1 Å². The zero-order valence-corrected chi connectivity index (χ0v) is 15.3. The van der Waals surface area contributed by atoms with Gasteiger partial charge in [0.1, 0.15) is 6.04 Å². The summed E-state index contributed by atoms with van der Waals surface area (Å²) in [6, 6.07) is 6.65. The number of fused-ring (bicyclic) bond motifs is 2. The first kappa shape index (κ1) is 17.3. The summed E-state index contributed by atoms with van der Waals surface area (Å²) in [6.07, 6.45) is 5.83. The van der Waals surface area contributed by atoms with Crippen LogP contribution in [0.2, 0.25) is 0 Å². The lowest BCUT2D eigenvalue weighted by Gasteiger charge is -2.31. The number of amides is 1. The van der Waals surface area contributed by atoms with Crippen molar-refractivity contribution in [2.24, 2.45) is 11.8 Å². The number of hydrogen-bond donors (Lipinski definition) is 1. The normalized spacial score (nSPS) is 27.0. The molecule has 2 bridgehead atoms. The zero-order chi connectivity index (χ0) is 17.5. The minimum atomic E-state index is -3.55. The van der Waals surface area contributed by atoms with Crippen LogP contribution in [-0.2, 0) is 14.8 Å². The standard InChI is InChI=1S/C18H26N2O3S/c1-12-4-8-16(9-5-12)20(24(3,22)23)13(2)18(21)19-17-11-14-6-7-15(17)10-14/h4-5,8-9,13-15,17H,6-7,10-11H2,1-3H3,(H,19,21)/t13-,14-,15+,17+/m0/s1. The molecule has 1 N–H and O–H groups in total. The van der Waals surface area contributed by atoms with Gasteiger partial charge in [0.15, 0.2) is 0 Å². The summed E-state index contributed by atoms with van der Waals surface area (Å²) in [6.45, 7) is 3.60. The van der Waals surface area contributed by atoms with Crippen molar-refractivity contribution in [1.82, 2.24) is 5.32 Å². The fourth-order valence-electron chi connectivity index (χ4n) is 4.23. The molecule has 0 aromatic heterocycles. The SMILES string of the molecule is Cc1ccc(N([C@@H](C)C(=O)N[C@@H]2C[C@H]3CC[C@@H]2C3)S(C)(=O)=O)cc1. The van der Waals surface area contributed by atoms with Crippen LogP contribution >= 0.6 is 0 Å². The monoisotopic (exact) mass is 350 g/mol. The molecule has 0 saturated heterocycles. The van der Waals surface area contributed by atoms with Gasteiger partial charge >= 0.3 is 0 Å². The van der Waals surface area contributed by atoms with Crippen molar-refractivity contribution in [2.45, 2.75) is 51.6 Å². The van der Waals surface area contributed by atoms with Gasteiger partial charge in [-0.25, -0.2) is 8.42 Å².